The van der Waals surface area contributed by atoms with E-state index >= 15 is 19.2 Å². The molecule has 2 heterocycles. The van der Waals surface area contributed by atoms with E-state index in [2.05, 4.69) is 21.3 Å². The molecule has 144 heavy (non-hydrogen) atoms. The Bertz CT molecular complexity index is 4030. The average Bonchev–Trinajstić information content (AvgIpc) is 0.801. The van der Waals surface area contributed by atoms with Gasteiger partial charge in [0.2, 0.25) is 0 Å². The Kier molecular flexibility index (Phi) is 45.8. The summed E-state index contributed by atoms with van der Waals surface area (Å²) in [6.07, 6.45) is -0.650. The van der Waals surface area contributed by atoms with Gasteiger partial charge in [0.1, 0.15) is 89.5 Å². The van der Waals surface area contributed by atoms with Crippen LogP contribution in [-0.2, 0) is 127 Å². The fraction of sp³-hybridized carbons (Fsp3) is 0.709. The lowest BCUT2D eigenvalue weighted by Crippen LogP contribution is -2.51. The Hall–Kier alpha value is -11.0. The topological polar surface area (TPSA) is 440 Å². The van der Waals surface area contributed by atoms with E-state index in [-0.39, 0.29) is 189 Å². The van der Waals surface area contributed by atoms with E-state index < -0.39 is 185 Å². The molecule has 810 valence electrons. The summed E-state index contributed by atoms with van der Waals surface area (Å²) in [5, 5.41) is 12.5. The molecule has 0 aliphatic carbocycles. The number of benzene rings is 1. The second-order valence-corrected chi connectivity index (χ2v) is 49.8. The first-order valence-corrected chi connectivity index (χ1v) is 50.2. The molecule has 0 unspecified atom stereocenters. The van der Waals surface area contributed by atoms with Gasteiger partial charge < -0.3 is 78.1 Å². The monoisotopic (exact) mass is 2030 g/mol. The SMILES string of the molecule is CC(C)(C)OC(=O)CCC(CCC(=O)OC(C)(C)C)(CCC(=O)OC(C)(C)C)NC(=O)c1cc(C(=O)NC(CCC(=O)OC(C)(C)C)(CCC(=O)OC(C)(C)C)CCC(=O)OC(C)(C)C)c[n+](Cc2ccc(C[n+]3cc(C(=O)NC(CCC(=O)OC(C)(C)C)(CCC(=O)OC(C)(C)C)CCC(=O)OC(C)(C)C)cc(C(=O)NC(CCC(=O)OC(C)(C)C)(CCC(=O)OC(C)(C)C)CCC(=O)OC(C)(C)C)c3)cc2)c1. The lowest BCUT2D eigenvalue weighted by Gasteiger charge is -2.36. The van der Waals surface area contributed by atoms with E-state index in [1.165, 1.54) is 46.1 Å². The molecule has 2 aromatic heterocycles. The number of amides is 4. The number of pyridine rings is 2. The smallest absolute Gasteiger partial charge is 0.306 e. The number of ether oxygens (including phenoxy) is 12. The molecule has 0 aliphatic heterocycles. The van der Waals surface area contributed by atoms with Gasteiger partial charge >= 0.3 is 71.6 Å². The molecule has 34 nitrogen and oxygen atoms in total. The van der Waals surface area contributed by atoms with Crippen LogP contribution in [0.4, 0.5) is 0 Å². The van der Waals surface area contributed by atoms with Gasteiger partial charge in [-0.3, -0.25) is 76.7 Å². The van der Waals surface area contributed by atoms with Gasteiger partial charge in [0.25, 0.3) is 23.6 Å². The minimum absolute atomic E-state index is 0.133. The molecular formula is C110H174N6O28+2. The molecule has 0 saturated carbocycles. The van der Waals surface area contributed by atoms with Crippen LogP contribution in [0.25, 0.3) is 0 Å². The second kappa shape index (κ2) is 51.9. The summed E-state index contributed by atoms with van der Waals surface area (Å²) in [5.41, 5.74) is -17.7. The van der Waals surface area contributed by atoms with E-state index in [1.807, 2.05) is 0 Å². The first-order valence-electron chi connectivity index (χ1n) is 50.2. The van der Waals surface area contributed by atoms with E-state index in [1.54, 1.807) is 274 Å². The summed E-state index contributed by atoms with van der Waals surface area (Å²) in [7, 11) is 0. The van der Waals surface area contributed by atoms with Crippen molar-refractivity contribution in [1.29, 1.82) is 0 Å². The molecule has 0 bridgehead atoms. The molecule has 0 spiro atoms. The number of esters is 12. The van der Waals surface area contributed by atoms with Crippen LogP contribution in [0.3, 0.4) is 0 Å². The van der Waals surface area contributed by atoms with Crippen LogP contribution in [0, 0.1) is 0 Å². The predicted molar refractivity (Wildman–Crippen MR) is 540 cm³/mol. The molecule has 0 fully saturated rings. The molecule has 34 heteroatoms. The van der Waals surface area contributed by atoms with E-state index in [4.69, 9.17) is 56.8 Å². The summed E-state index contributed by atoms with van der Waals surface area (Å²) in [4.78, 5) is 231. The van der Waals surface area contributed by atoms with E-state index in [0.717, 1.165) is 0 Å². The van der Waals surface area contributed by atoms with E-state index in [9.17, 15) is 57.5 Å². The second-order valence-electron chi connectivity index (χ2n) is 49.8. The largest absolute Gasteiger partial charge is 0.460 e. The van der Waals surface area contributed by atoms with Crippen LogP contribution < -0.4 is 30.4 Å². The zero-order valence-electron chi connectivity index (χ0n) is 93.5. The van der Waals surface area contributed by atoms with Gasteiger partial charge in [-0.15, -0.1) is 0 Å². The van der Waals surface area contributed by atoms with Crippen LogP contribution in [-0.4, -0.2) is 185 Å². The van der Waals surface area contributed by atoms with Gasteiger partial charge in [0.15, 0.2) is 37.9 Å². The summed E-state index contributed by atoms with van der Waals surface area (Å²) in [6.45, 7) is 60.3. The minimum Gasteiger partial charge on any atom is -0.460 e. The van der Waals surface area contributed by atoms with Crippen molar-refractivity contribution in [3.8, 4) is 0 Å². The van der Waals surface area contributed by atoms with Crippen LogP contribution in [0.2, 0.25) is 0 Å². The molecule has 4 amide bonds. The van der Waals surface area contributed by atoms with Crippen molar-refractivity contribution in [2.24, 2.45) is 0 Å². The zero-order valence-corrected chi connectivity index (χ0v) is 93.5. The maximum atomic E-state index is 16.0. The Labute approximate surface area is 855 Å². The number of hydrogen-bond acceptors (Lipinski definition) is 28. The first-order chi connectivity index (χ1) is 65.1. The van der Waals surface area contributed by atoms with Gasteiger partial charge in [0.05, 0.1) is 0 Å². The quantitative estimate of drug-likeness (QED) is 0.0232. The number of aromatic nitrogens is 2. The molecule has 0 atom stereocenters. The normalized spacial score (nSPS) is 12.9. The first kappa shape index (κ1) is 127. The van der Waals surface area contributed by atoms with Gasteiger partial charge in [-0.2, -0.15) is 9.13 Å². The average molecular weight is 2030 g/mol. The van der Waals surface area contributed by atoms with Gasteiger partial charge in [-0.1, -0.05) is 24.3 Å². The molecule has 0 radical (unpaired) electrons. The Balaban J connectivity index is 2.76. The van der Waals surface area contributed by atoms with Crippen molar-refractivity contribution < 1.29 is 143 Å². The highest BCUT2D eigenvalue weighted by molar-refractivity contribution is 6.01. The van der Waals surface area contributed by atoms with Crippen LogP contribution in [0.15, 0.2) is 61.2 Å². The maximum absolute atomic E-state index is 16.0. The van der Waals surface area contributed by atoms with Crippen molar-refractivity contribution in [3.05, 3.63) is 94.6 Å². The standard InChI is InChI=1S/C110H172N6O28/c1-95(2,3)133-79(117)41-53-107(54-42-80(118)134-96(4,5)6,55-43-81(119)135-97(7,8)9)111-91(129)75-65-76(92(130)112-108(56-44-82(120)136-98(10,11)12,57-45-83(121)137-99(13,14)15)58-46-84(122)138-100(16,17)18)70-115(69-75)67-73-37-39-74(40-38-73)68-116-71-77(93(131)113-109(59-47-85(123)139-101(19,20)21,60-48-86(124)140-102(22,23)24)61-49-87(125)141-103(25,26)27)66-78(72-116)94(132)114-110(62-50-88(126)142-104(28,29)30,63-51-89(127)143-105(31,32)33)64-52-90(128)144-106(34,35)36/h37-40,65-66,69-72H,41-64,67-68H2,1-36H3,(H2-2,111,112,113,114,129,130,131,132)/p+2. The van der Waals surface area contributed by atoms with Crippen molar-refractivity contribution in [2.75, 3.05) is 0 Å². The van der Waals surface area contributed by atoms with Crippen LogP contribution in [0.5, 0.6) is 0 Å². The zero-order chi connectivity index (χ0) is 111. The predicted octanol–water partition coefficient (Wildman–Crippen LogP) is 17.7. The fourth-order valence-electron chi connectivity index (χ4n) is 15.4. The van der Waals surface area contributed by atoms with Gasteiger partial charge in [-0.05, 0) is 338 Å². The Morgan fingerprint density at radius 2 is 0.292 bits per heavy atom. The molecule has 0 saturated heterocycles. The Morgan fingerprint density at radius 1 is 0.188 bits per heavy atom. The van der Waals surface area contributed by atoms with Crippen molar-refractivity contribution in [2.45, 2.75) is 506 Å². The van der Waals surface area contributed by atoms with Crippen molar-refractivity contribution in [3.63, 3.8) is 0 Å². The number of nitrogens with zero attached hydrogens (tertiary/aromatic N) is 2. The summed E-state index contributed by atoms with van der Waals surface area (Å²) in [5.74, 6) is -11.4. The number of nitrogens with one attached hydrogen (secondary N) is 4. The summed E-state index contributed by atoms with van der Waals surface area (Å²) < 4.78 is 72.5. The van der Waals surface area contributed by atoms with Gasteiger partial charge in [0, 0.05) is 110 Å². The highest BCUT2D eigenvalue weighted by Crippen LogP contribution is 2.36. The molecule has 3 rings (SSSR count). The summed E-state index contributed by atoms with van der Waals surface area (Å²) >= 11 is 0. The molecule has 4 N–H and O–H groups in total. The van der Waals surface area contributed by atoms with E-state index in [0.29, 0.717) is 11.1 Å². The minimum atomic E-state index is -1.62. The lowest BCUT2D eigenvalue weighted by molar-refractivity contribution is -0.689. The highest BCUT2D eigenvalue weighted by Gasteiger charge is 2.44. The van der Waals surface area contributed by atoms with Gasteiger partial charge in [-0.25, -0.2) is 0 Å². The fourth-order valence-corrected chi connectivity index (χ4v) is 15.4. The third-order valence-electron chi connectivity index (χ3n) is 20.9. The highest BCUT2D eigenvalue weighted by atomic mass is 16.6. The third-order valence-corrected chi connectivity index (χ3v) is 20.9. The molecular weight excluding hydrogens is 1850 g/mol. The van der Waals surface area contributed by atoms with Crippen molar-refractivity contribution in [1.82, 2.24) is 21.3 Å². The number of rotatable bonds is 48. The number of carbonyl (C=O) groups excluding carboxylic acids is 16. The Morgan fingerprint density at radius 3 is 0.389 bits per heavy atom. The molecule has 3 aromatic rings. The van der Waals surface area contributed by atoms with Crippen LogP contribution >= 0.6 is 0 Å². The molecule has 1 aromatic carbocycles. The lowest BCUT2D eigenvalue weighted by atomic mass is 9.83. The summed E-state index contributed by atoms with van der Waals surface area (Å²) in [6, 6.07) is 9.50. The van der Waals surface area contributed by atoms with Crippen molar-refractivity contribution >= 4 is 95.3 Å². The van der Waals surface area contributed by atoms with Crippen LogP contribution in [0.1, 0.15) is 456 Å². The molecule has 0 aliphatic rings. The number of carbonyl (C=O) groups is 16. The maximum Gasteiger partial charge on any atom is 0.306 e. The number of hydrogen-bond donors (Lipinski definition) is 4. The third kappa shape index (κ3) is 55.9.